The normalized spacial score (nSPS) is 12.8. The molecule has 2 aromatic heterocycles. The second kappa shape index (κ2) is 6.29. The molecule has 0 amide bonds. The Hall–Kier alpha value is -1.73. The highest BCUT2D eigenvalue weighted by Gasteiger charge is 2.19. The molecule has 0 radical (unpaired) electrons. The summed E-state index contributed by atoms with van der Waals surface area (Å²) in [6, 6.07) is 3.39. The van der Waals surface area contributed by atoms with Crippen LogP contribution in [0.2, 0.25) is 0 Å². The monoisotopic (exact) mass is 366 g/mol. The van der Waals surface area contributed by atoms with E-state index in [1.54, 1.807) is 14.0 Å². The van der Waals surface area contributed by atoms with E-state index in [-0.39, 0.29) is 16.4 Å². The molecule has 0 aliphatic heterocycles. The van der Waals surface area contributed by atoms with Gasteiger partial charge in [0.15, 0.2) is 5.16 Å². The number of rotatable bonds is 3. The Bertz CT molecular complexity index is 994. The summed E-state index contributed by atoms with van der Waals surface area (Å²) >= 11 is 2.71. The molecule has 1 unspecified atom stereocenters. The molecule has 0 aliphatic carbocycles. The number of nitrogens with zero attached hydrogens (tertiary/aromatic N) is 2. The molecule has 3 rings (SSSR count). The molecule has 0 spiro atoms. The smallest absolute Gasteiger partial charge is 0.262 e. The van der Waals surface area contributed by atoms with E-state index in [0.717, 1.165) is 22.6 Å². The molecule has 0 fully saturated rings. The van der Waals surface area contributed by atoms with Gasteiger partial charge < -0.3 is 0 Å². The maximum absolute atomic E-state index is 13.9. The predicted molar refractivity (Wildman–Crippen MR) is 95.0 cm³/mol. The van der Waals surface area contributed by atoms with E-state index in [2.05, 4.69) is 4.98 Å². The van der Waals surface area contributed by atoms with Gasteiger partial charge in [-0.2, -0.15) is 0 Å². The van der Waals surface area contributed by atoms with Crippen molar-refractivity contribution >= 4 is 33.3 Å². The number of hydrogen-bond donors (Lipinski definition) is 0. The molecule has 0 N–H and O–H groups in total. The van der Waals surface area contributed by atoms with Crippen molar-refractivity contribution in [3.05, 3.63) is 56.2 Å². The average molecular weight is 366 g/mol. The second-order valence-electron chi connectivity index (χ2n) is 5.65. The molecule has 3 aromatic rings. The van der Waals surface area contributed by atoms with E-state index in [9.17, 15) is 13.6 Å². The van der Waals surface area contributed by atoms with E-state index >= 15 is 0 Å². The van der Waals surface area contributed by atoms with Crippen molar-refractivity contribution in [2.75, 3.05) is 0 Å². The maximum Gasteiger partial charge on any atom is 0.262 e. The van der Waals surface area contributed by atoms with E-state index in [0.29, 0.717) is 15.4 Å². The van der Waals surface area contributed by atoms with Crippen LogP contribution < -0.4 is 5.56 Å². The van der Waals surface area contributed by atoms with Crippen LogP contribution in [0.4, 0.5) is 8.78 Å². The van der Waals surface area contributed by atoms with Crippen LogP contribution in [0.3, 0.4) is 0 Å². The third kappa shape index (κ3) is 2.86. The Morgan fingerprint density at radius 1 is 1.29 bits per heavy atom. The van der Waals surface area contributed by atoms with Crippen LogP contribution in [0.25, 0.3) is 10.2 Å². The molecule has 1 atom stereocenters. The van der Waals surface area contributed by atoms with Crippen LogP contribution in [0.5, 0.6) is 0 Å². The van der Waals surface area contributed by atoms with Crippen LogP contribution in [0.15, 0.2) is 28.2 Å². The van der Waals surface area contributed by atoms with E-state index in [1.807, 2.05) is 13.8 Å². The van der Waals surface area contributed by atoms with Crippen molar-refractivity contribution in [1.82, 2.24) is 9.55 Å². The highest BCUT2D eigenvalue weighted by molar-refractivity contribution is 7.99. The van der Waals surface area contributed by atoms with Gasteiger partial charge in [-0.25, -0.2) is 13.8 Å². The molecule has 0 saturated heterocycles. The SMILES string of the molecule is Cc1sc2nc(SC(C)c3cc(F)ccc3F)n(C)c(=O)c2c1C. The zero-order valence-corrected chi connectivity index (χ0v) is 15.3. The highest BCUT2D eigenvalue weighted by atomic mass is 32.2. The summed E-state index contributed by atoms with van der Waals surface area (Å²) in [5.74, 6) is -0.953. The summed E-state index contributed by atoms with van der Waals surface area (Å²) in [7, 11) is 1.65. The molecular weight excluding hydrogens is 350 g/mol. The van der Waals surface area contributed by atoms with Crippen LogP contribution in [0.1, 0.15) is 28.2 Å². The van der Waals surface area contributed by atoms with Gasteiger partial charge in [0, 0.05) is 22.7 Å². The van der Waals surface area contributed by atoms with Crippen LogP contribution >= 0.6 is 23.1 Å². The van der Waals surface area contributed by atoms with Gasteiger partial charge in [-0.05, 0) is 44.5 Å². The first kappa shape index (κ1) is 17.1. The quantitative estimate of drug-likeness (QED) is 0.496. The van der Waals surface area contributed by atoms with Crippen molar-refractivity contribution < 1.29 is 8.78 Å². The number of thioether (sulfide) groups is 1. The molecule has 0 aliphatic rings. The third-order valence-electron chi connectivity index (χ3n) is 4.05. The predicted octanol–water partition coefficient (Wildman–Crippen LogP) is 4.74. The number of fused-ring (bicyclic) bond motifs is 1. The number of aryl methyl sites for hydroxylation is 2. The van der Waals surface area contributed by atoms with E-state index in [1.165, 1.54) is 33.7 Å². The topological polar surface area (TPSA) is 34.9 Å². The van der Waals surface area contributed by atoms with Crippen molar-refractivity contribution in [1.29, 1.82) is 0 Å². The van der Waals surface area contributed by atoms with Crippen LogP contribution in [0, 0.1) is 25.5 Å². The van der Waals surface area contributed by atoms with E-state index in [4.69, 9.17) is 0 Å². The lowest BCUT2D eigenvalue weighted by atomic mass is 10.1. The van der Waals surface area contributed by atoms with Gasteiger partial charge >= 0.3 is 0 Å². The minimum Gasteiger partial charge on any atom is -0.290 e. The molecule has 0 bridgehead atoms. The van der Waals surface area contributed by atoms with Gasteiger partial charge in [0.1, 0.15) is 16.5 Å². The summed E-state index contributed by atoms with van der Waals surface area (Å²) in [6.45, 7) is 5.64. The number of hydrogen-bond acceptors (Lipinski definition) is 4. The highest BCUT2D eigenvalue weighted by Crippen LogP contribution is 2.36. The Balaban J connectivity index is 2.05. The molecule has 7 heteroatoms. The maximum atomic E-state index is 13.9. The van der Waals surface area contributed by atoms with Crippen LogP contribution in [-0.2, 0) is 7.05 Å². The first-order valence-corrected chi connectivity index (χ1v) is 9.07. The van der Waals surface area contributed by atoms with Gasteiger partial charge in [-0.1, -0.05) is 11.8 Å². The van der Waals surface area contributed by atoms with Gasteiger partial charge in [0.05, 0.1) is 5.39 Å². The van der Waals surface area contributed by atoms with Gasteiger partial charge in [0.25, 0.3) is 5.56 Å². The molecule has 3 nitrogen and oxygen atoms in total. The lowest BCUT2D eigenvalue weighted by Gasteiger charge is -2.14. The Morgan fingerprint density at radius 2 is 2.00 bits per heavy atom. The minimum absolute atomic E-state index is 0.115. The lowest BCUT2D eigenvalue weighted by Crippen LogP contribution is -2.20. The summed E-state index contributed by atoms with van der Waals surface area (Å²) in [5, 5.41) is 0.747. The Morgan fingerprint density at radius 3 is 2.71 bits per heavy atom. The molecule has 126 valence electrons. The molecular formula is C17H16F2N2OS2. The summed E-state index contributed by atoms with van der Waals surface area (Å²) in [4.78, 5) is 18.9. The molecule has 24 heavy (non-hydrogen) atoms. The standard InChI is InChI=1S/C17H16F2N2OS2/c1-8-9(2)23-15-14(8)16(22)21(4)17(20-15)24-10(3)12-7-11(18)5-6-13(12)19/h5-7,10H,1-4H3. The summed E-state index contributed by atoms with van der Waals surface area (Å²) in [5.41, 5.74) is 1.09. The number of aromatic nitrogens is 2. The fraction of sp³-hybridized carbons (Fsp3) is 0.294. The lowest BCUT2D eigenvalue weighted by molar-refractivity contribution is 0.585. The summed E-state index contributed by atoms with van der Waals surface area (Å²) in [6.07, 6.45) is 0. The second-order valence-corrected chi connectivity index (χ2v) is 8.16. The third-order valence-corrected chi connectivity index (χ3v) is 6.33. The number of halogens is 2. The van der Waals surface area contributed by atoms with Gasteiger partial charge in [0.2, 0.25) is 0 Å². The fourth-order valence-electron chi connectivity index (χ4n) is 2.51. The van der Waals surface area contributed by atoms with Crippen molar-refractivity contribution in [3.8, 4) is 0 Å². The van der Waals surface area contributed by atoms with Gasteiger partial charge in [-0.15, -0.1) is 11.3 Å². The molecule has 1 aromatic carbocycles. The van der Waals surface area contributed by atoms with Crippen molar-refractivity contribution in [2.24, 2.45) is 7.05 Å². The minimum atomic E-state index is -0.486. The fourth-order valence-corrected chi connectivity index (χ4v) is 4.60. The summed E-state index contributed by atoms with van der Waals surface area (Å²) < 4.78 is 28.8. The average Bonchev–Trinajstić information content (AvgIpc) is 2.81. The Labute approximate surface area is 146 Å². The number of thiophene rings is 1. The van der Waals surface area contributed by atoms with Crippen molar-refractivity contribution in [2.45, 2.75) is 31.2 Å². The first-order chi connectivity index (χ1) is 11.3. The zero-order valence-electron chi connectivity index (χ0n) is 13.7. The zero-order chi connectivity index (χ0) is 17.6. The number of benzene rings is 1. The molecule has 0 saturated carbocycles. The van der Waals surface area contributed by atoms with E-state index < -0.39 is 11.6 Å². The van der Waals surface area contributed by atoms with Crippen LogP contribution in [-0.4, -0.2) is 9.55 Å². The largest absolute Gasteiger partial charge is 0.290 e. The first-order valence-electron chi connectivity index (χ1n) is 7.38. The van der Waals surface area contributed by atoms with Crippen molar-refractivity contribution in [3.63, 3.8) is 0 Å². The molecule has 2 heterocycles. The Kier molecular flexibility index (Phi) is 4.48. The van der Waals surface area contributed by atoms with Gasteiger partial charge in [-0.3, -0.25) is 9.36 Å².